The number of anilines is 1. The van der Waals surface area contributed by atoms with Gasteiger partial charge in [0.2, 0.25) is 0 Å². The lowest BCUT2D eigenvalue weighted by molar-refractivity contribution is 0.809. The molecule has 0 saturated carbocycles. The predicted molar refractivity (Wildman–Crippen MR) is 85.3 cm³/mol. The molecule has 1 aliphatic heterocycles. The number of aromatic nitrogens is 2. The zero-order chi connectivity index (χ0) is 14.4. The standard InChI is InChI=1S/C16H15N3OS/c1-11-10-21-16-17-13(8-15(20)19(11)16)9-18-7-6-12-4-2-3-5-14(12)18/h2-5,8,10H,6-7,9H2,1H3. The van der Waals surface area contributed by atoms with Crippen LogP contribution in [-0.4, -0.2) is 15.9 Å². The van der Waals surface area contributed by atoms with Gasteiger partial charge in [0.05, 0.1) is 12.2 Å². The Morgan fingerprint density at radius 3 is 3.10 bits per heavy atom. The Morgan fingerprint density at radius 2 is 2.19 bits per heavy atom. The van der Waals surface area contributed by atoms with E-state index >= 15 is 0 Å². The first-order valence-electron chi connectivity index (χ1n) is 7.02. The van der Waals surface area contributed by atoms with Gasteiger partial charge in [-0.25, -0.2) is 4.98 Å². The highest BCUT2D eigenvalue weighted by Crippen LogP contribution is 2.28. The minimum atomic E-state index is 0.0150. The third kappa shape index (κ3) is 2.05. The van der Waals surface area contributed by atoms with Crippen molar-refractivity contribution in [3.63, 3.8) is 0 Å². The number of rotatable bonds is 2. The zero-order valence-electron chi connectivity index (χ0n) is 11.7. The third-order valence-electron chi connectivity index (χ3n) is 3.96. The fourth-order valence-electron chi connectivity index (χ4n) is 2.95. The Labute approximate surface area is 126 Å². The Bertz CT molecular complexity index is 881. The average molecular weight is 297 g/mol. The van der Waals surface area contributed by atoms with Crippen LogP contribution in [0.1, 0.15) is 17.0 Å². The lowest BCUT2D eigenvalue weighted by Gasteiger charge is -2.18. The van der Waals surface area contributed by atoms with E-state index in [1.165, 1.54) is 22.6 Å². The van der Waals surface area contributed by atoms with Crippen molar-refractivity contribution < 1.29 is 0 Å². The summed E-state index contributed by atoms with van der Waals surface area (Å²) < 4.78 is 1.67. The molecule has 4 rings (SSSR count). The number of nitrogens with zero attached hydrogens (tertiary/aromatic N) is 3. The van der Waals surface area contributed by atoms with Crippen LogP contribution in [0, 0.1) is 6.92 Å². The normalized spacial score (nSPS) is 13.9. The summed E-state index contributed by atoms with van der Waals surface area (Å²) in [6.07, 6.45) is 1.06. The SMILES string of the molecule is Cc1csc2nc(CN3CCc4ccccc43)cc(=O)n12. The highest BCUT2D eigenvalue weighted by Gasteiger charge is 2.19. The maximum absolute atomic E-state index is 12.2. The van der Waals surface area contributed by atoms with E-state index in [0.29, 0.717) is 6.54 Å². The molecule has 106 valence electrons. The van der Waals surface area contributed by atoms with Gasteiger partial charge in [0.1, 0.15) is 0 Å². The Hall–Kier alpha value is -2.14. The van der Waals surface area contributed by atoms with Crippen molar-refractivity contribution in [2.24, 2.45) is 0 Å². The monoisotopic (exact) mass is 297 g/mol. The first-order chi connectivity index (χ1) is 10.2. The smallest absolute Gasteiger partial charge is 0.259 e. The average Bonchev–Trinajstić information content (AvgIpc) is 3.04. The van der Waals surface area contributed by atoms with Gasteiger partial charge in [-0.15, -0.1) is 11.3 Å². The maximum atomic E-state index is 12.2. The minimum absolute atomic E-state index is 0.0150. The summed E-state index contributed by atoms with van der Waals surface area (Å²) in [5, 5.41) is 1.97. The van der Waals surface area contributed by atoms with E-state index in [2.05, 4.69) is 34.1 Å². The summed E-state index contributed by atoms with van der Waals surface area (Å²) in [6.45, 7) is 3.62. The van der Waals surface area contributed by atoms with Gasteiger partial charge in [0, 0.05) is 29.4 Å². The number of fused-ring (bicyclic) bond motifs is 2. The summed E-state index contributed by atoms with van der Waals surface area (Å²) in [5.74, 6) is 0. The topological polar surface area (TPSA) is 37.6 Å². The molecule has 0 amide bonds. The molecule has 4 nitrogen and oxygen atoms in total. The van der Waals surface area contributed by atoms with Crippen LogP contribution >= 0.6 is 11.3 Å². The van der Waals surface area contributed by atoms with Gasteiger partial charge in [-0.3, -0.25) is 9.20 Å². The molecular formula is C16H15N3OS. The molecule has 1 aliphatic rings. The maximum Gasteiger partial charge on any atom is 0.259 e. The van der Waals surface area contributed by atoms with Gasteiger partial charge in [0.25, 0.3) is 5.56 Å². The van der Waals surface area contributed by atoms with Gasteiger partial charge in [-0.2, -0.15) is 0 Å². The van der Waals surface area contributed by atoms with Crippen LogP contribution in [-0.2, 0) is 13.0 Å². The second-order valence-corrected chi connectivity index (χ2v) is 6.22. The molecule has 0 unspecified atom stereocenters. The summed E-state index contributed by atoms with van der Waals surface area (Å²) in [5.41, 5.74) is 4.45. The van der Waals surface area contributed by atoms with E-state index in [9.17, 15) is 4.79 Å². The molecule has 5 heteroatoms. The highest BCUT2D eigenvalue weighted by molar-refractivity contribution is 7.15. The van der Waals surface area contributed by atoms with Crippen molar-refractivity contribution in [1.29, 1.82) is 0 Å². The second kappa shape index (κ2) is 4.70. The quantitative estimate of drug-likeness (QED) is 0.730. The number of benzene rings is 1. The van der Waals surface area contributed by atoms with Gasteiger partial charge >= 0.3 is 0 Å². The van der Waals surface area contributed by atoms with Crippen LogP contribution in [0.4, 0.5) is 5.69 Å². The third-order valence-corrected chi connectivity index (χ3v) is 4.91. The molecule has 3 aromatic rings. The zero-order valence-corrected chi connectivity index (χ0v) is 12.6. The summed E-state index contributed by atoms with van der Waals surface area (Å²) in [6, 6.07) is 10.1. The molecule has 0 radical (unpaired) electrons. The van der Waals surface area contributed by atoms with Crippen molar-refractivity contribution in [3.05, 3.63) is 63.0 Å². The van der Waals surface area contributed by atoms with Crippen LogP contribution in [0.15, 0.2) is 40.5 Å². The number of para-hydroxylation sites is 1. The summed E-state index contributed by atoms with van der Waals surface area (Å²) in [4.78, 5) is 19.9. The molecule has 0 fully saturated rings. The first-order valence-corrected chi connectivity index (χ1v) is 7.90. The largest absolute Gasteiger partial charge is 0.365 e. The number of hydrogen-bond acceptors (Lipinski definition) is 4. The van der Waals surface area contributed by atoms with E-state index in [1.54, 1.807) is 10.5 Å². The van der Waals surface area contributed by atoms with Crippen molar-refractivity contribution in [2.75, 3.05) is 11.4 Å². The van der Waals surface area contributed by atoms with E-state index in [-0.39, 0.29) is 5.56 Å². The minimum Gasteiger partial charge on any atom is -0.365 e. The van der Waals surface area contributed by atoms with Crippen LogP contribution in [0.25, 0.3) is 4.96 Å². The fourth-order valence-corrected chi connectivity index (χ4v) is 3.84. The molecule has 0 N–H and O–H groups in total. The predicted octanol–water partition coefficient (Wildman–Crippen LogP) is 2.63. The Kier molecular flexibility index (Phi) is 2.82. The molecule has 0 atom stereocenters. The van der Waals surface area contributed by atoms with Crippen molar-refractivity contribution in [3.8, 4) is 0 Å². The van der Waals surface area contributed by atoms with E-state index in [4.69, 9.17) is 0 Å². The first kappa shape index (κ1) is 12.6. The van der Waals surface area contributed by atoms with Gasteiger partial charge in [-0.1, -0.05) is 18.2 Å². The molecule has 0 saturated heterocycles. The highest BCUT2D eigenvalue weighted by atomic mass is 32.1. The number of aryl methyl sites for hydroxylation is 1. The summed E-state index contributed by atoms with van der Waals surface area (Å²) in [7, 11) is 0. The van der Waals surface area contributed by atoms with Crippen molar-refractivity contribution in [1.82, 2.24) is 9.38 Å². The molecule has 0 aliphatic carbocycles. The fraction of sp³-hybridized carbons (Fsp3) is 0.250. The lowest BCUT2D eigenvalue weighted by atomic mass is 10.2. The number of thiazole rings is 1. The van der Waals surface area contributed by atoms with Crippen molar-refractivity contribution in [2.45, 2.75) is 19.9 Å². The number of hydrogen-bond donors (Lipinski definition) is 0. The lowest BCUT2D eigenvalue weighted by Crippen LogP contribution is -2.23. The van der Waals surface area contributed by atoms with Gasteiger partial charge < -0.3 is 4.90 Å². The molecule has 3 heterocycles. The molecule has 21 heavy (non-hydrogen) atoms. The van der Waals surface area contributed by atoms with Gasteiger partial charge in [0.15, 0.2) is 4.96 Å². The van der Waals surface area contributed by atoms with Crippen LogP contribution in [0.3, 0.4) is 0 Å². The van der Waals surface area contributed by atoms with Crippen molar-refractivity contribution >= 4 is 22.0 Å². The second-order valence-electron chi connectivity index (χ2n) is 5.38. The molecule has 0 bridgehead atoms. The molecule has 2 aromatic heterocycles. The van der Waals surface area contributed by atoms with Crippen LogP contribution in [0.2, 0.25) is 0 Å². The van der Waals surface area contributed by atoms with E-state index < -0.39 is 0 Å². The summed E-state index contributed by atoms with van der Waals surface area (Å²) >= 11 is 1.52. The van der Waals surface area contributed by atoms with Crippen LogP contribution in [0.5, 0.6) is 0 Å². The molecule has 1 aromatic carbocycles. The Morgan fingerprint density at radius 1 is 1.33 bits per heavy atom. The van der Waals surface area contributed by atoms with E-state index in [0.717, 1.165) is 29.3 Å². The van der Waals surface area contributed by atoms with Crippen LogP contribution < -0.4 is 10.5 Å². The van der Waals surface area contributed by atoms with Gasteiger partial charge in [-0.05, 0) is 25.0 Å². The molecular weight excluding hydrogens is 282 g/mol. The Balaban J connectivity index is 1.71. The van der Waals surface area contributed by atoms with E-state index in [1.807, 2.05) is 12.3 Å². The molecule has 0 spiro atoms.